The number of hydrogen-bond donors (Lipinski definition) is 2. The van der Waals surface area contributed by atoms with Gasteiger partial charge in [0.25, 0.3) is 0 Å². The van der Waals surface area contributed by atoms with E-state index in [1.807, 2.05) is 13.8 Å². The van der Waals surface area contributed by atoms with Crippen molar-refractivity contribution in [2.75, 3.05) is 39.2 Å². The number of nitrogens with zero attached hydrogens (tertiary/aromatic N) is 4. The summed E-state index contributed by atoms with van der Waals surface area (Å²) in [5, 5.41) is 0. The number of nitrogens with two attached hydrogens (primary N) is 1. The Morgan fingerprint density at radius 1 is 1.21 bits per heavy atom. The minimum Gasteiger partial charge on any atom is -0.308 e. The monoisotopic (exact) mass is 264 g/mol. The molecule has 19 heavy (non-hydrogen) atoms. The Morgan fingerprint density at radius 3 is 2.63 bits per heavy atom. The fourth-order valence-corrected chi connectivity index (χ4v) is 2.49. The van der Waals surface area contributed by atoms with Crippen molar-refractivity contribution in [1.82, 2.24) is 19.8 Å². The van der Waals surface area contributed by atoms with Crippen LogP contribution in [0.15, 0.2) is 0 Å². The van der Waals surface area contributed by atoms with Crippen LogP contribution in [-0.2, 0) is 0 Å². The first kappa shape index (κ1) is 14.2. The van der Waals surface area contributed by atoms with Crippen molar-refractivity contribution in [2.45, 2.75) is 26.3 Å². The van der Waals surface area contributed by atoms with Crippen molar-refractivity contribution in [1.29, 1.82) is 0 Å². The molecule has 6 heteroatoms. The van der Waals surface area contributed by atoms with Gasteiger partial charge in [0, 0.05) is 17.8 Å². The molecule has 1 unspecified atom stereocenters. The van der Waals surface area contributed by atoms with Gasteiger partial charge in [0.1, 0.15) is 11.6 Å². The van der Waals surface area contributed by atoms with Crippen molar-refractivity contribution in [3.05, 3.63) is 17.1 Å². The fraction of sp³-hybridized carbons (Fsp3) is 0.692. The van der Waals surface area contributed by atoms with E-state index < -0.39 is 0 Å². The predicted molar refractivity (Wildman–Crippen MR) is 76.8 cm³/mol. The SMILES string of the molecule is Cc1nc(C2CN(C)CCCN2C)nc(NN)c1C. The lowest BCUT2D eigenvalue weighted by Crippen LogP contribution is -2.32. The van der Waals surface area contributed by atoms with Gasteiger partial charge in [-0.05, 0) is 47.5 Å². The molecule has 1 aliphatic rings. The molecule has 1 aromatic rings. The molecule has 106 valence electrons. The van der Waals surface area contributed by atoms with Crippen molar-refractivity contribution < 1.29 is 0 Å². The minimum absolute atomic E-state index is 0.221. The Bertz CT molecular complexity index is 447. The van der Waals surface area contributed by atoms with Crippen LogP contribution in [0.5, 0.6) is 0 Å². The van der Waals surface area contributed by atoms with Crippen LogP contribution < -0.4 is 11.3 Å². The third kappa shape index (κ3) is 3.02. The molecule has 0 spiro atoms. The van der Waals surface area contributed by atoms with Crippen LogP contribution in [0.1, 0.15) is 29.5 Å². The summed E-state index contributed by atoms with van der Waals surface area (Å²) < 4.78 is 0. The molecule has 2 rings (SSSR count). The Kier molecular flexibility index (Phi) is 4.34. The molecule has 3 N–H and O–H groups in total. The smallest absolute Gasteiger partial charge is 0.149 e. The molecule has 1 aliphatic heterocycles. The maximum Gasteiger partial charge on any atom is 0.149 e. The van der Waals surface area contributed by atoms with E-state index in [0.29, 0.717) is 0 Å². The Labute approximate surface area is 115 Å². The predicted octanol–water partition coefficient (Wildman–Crippen LogP) is 0.687. The number of aromatic nitrogens is 2. The van der Waals surface area contributed by atoms with Crippen LogP contribution >= 0.6 is 0 Å². The second kappa shape index (κ2) is 5.81. The molecule has 1 saturated heterocycles. The molecule has 2 heterocycles. The van der Waals surface area contributed by atoms with Gasteiger partial charge in [0.15, 0.2) is 0 Å². The van der Waals surface area contributed by atoms with Gasteiger partial charge in [-0.25, -0.2) is 15.8 Å². The summed E-state index contributed by atoms with van der Waals surface area (Å²) in [6.45, 7) is 7.12. The quantitative estimate of drug-likeness (QED) is 0.605. The van der Waals surface area contributed by atoms with Crippen LogP contribution in [0.2, 0.25) is 0 Å². The van der Waals surface area contributed by atoms with E-state index in [4.69, 9.17) is 5.84 Å². The highest BCUT2D eigenvalue weighted by Crippen LogP contribution is 2.23. The zero-order chi connectivity index (χ0) is 14.0. The average Bonchev–Trinajstić information content (AvgIpc) is 2.54. The van der Waals surface area contributed by atoms with Crippen molar-refractivity contribution in [3.8, 4) is 0 Å². The number of nitrogen functional groups attached to an aromatic ring is 1. The highest BCUT2D eigenvalue weighted by atomic mass is 15.3. The molecular weight excluding hydrogens is 240 g/mol. The van der Waals surface area contributed by atoms with Crippen LogP contribution in [-0.4, -0.2) is 53.5 Å². The lowest BCUT2D eigenvalue weighted by molar-refractivity contribution is 0.219. The van der Waals surface area contributed by atoms with Crippen LogP contribution in [0, 0.1) is 13.8 Å². The van der Waals surface area contributed by atoms with Crippen molar-refractivity contribution in [3.63, 3.8) is 0 Å². The lowest BCUT2D eigenvalue weighted by atomic mass is 10.2. The Balaban J connectivity index is 2.36. The van der Waals surface area contributed by atoms with Gasteiger partial charge in [-0.15, -0.1) is 0 Å². The number of hydrogen-bond acceptors (Lipinski definition) is 6. The number of rotatable bonds is 2. The average molecular weight is 264 g/mol. The third-order valence-electron chi connectivity index (χ3n) is 3.91. The minimum atomic E-state index is 0.221. The highest BCUT2D eigenvalue weighted by Gasteiger charge is 2.25. The highest BCUT2D eigenvalue weighted by molar-refractivity contribution is 5.44. The molecular formula is C13H24N6. The zero-order valence-electron chi connectivity index (χ0n) is 12.3. The third-order valence-corrected chi connectivity index (χ3v) is 3.91. The molecule has 1 fully saturated rings. The largest absolute Gasteiger partial charge is 0.308 e. The van der Waals surface area contributed by atoms with Crippen LogP contribution in [0.4, 0.5) is 5.82 Å². The van der Waals surface area contributed by atoms with Gasteiger partial charge in [-0.3, -0.25) is 4.90 Å². The summed E-state index contributed by atoms with van der Waals surface area (Å²) in [4.78, 5) is 13.9. The van der Waals surface area contributed by atoms with E-state index in [1.165, 1.54) is 6.42 Å². The van der Waals surface area contributed by atoms with Gasteiger partial charge in [-0.2, -0.15) is 0 Å². The summed E-state index contributed by atoms with van der Waals surface area (Å²) in [5.74, 6) is 7.13. The molecule has 1 aromatic heterocycles. The number of aryl methyl sites for hydroxylation is 1. The summed E-state index contributed by atoms with van der Waals surface area (Å²) in [5.41, 5.74) is 4.67. The Hall–Kier alpha value is -1.24. The number of nitrogens with one attached hydrogen (secondary N) is 1. The molecule has 1 atom stereocenters. The maximum absolute atomic E-state index is 5.55. The van der Waals surface area contributed by atoms with E-state index in [9.17, 15) is 0 Å². The van der Waals surface area contributed by atoms with Gasteiger partial charge in [-0.1, -0.05) is 0 Å². The molecule has 0 aliphatic carbocycles. The van der Waals surface area contributed by atoms with E-state index >= 15 is 0 Å². The first-order chi connectivity index (χ1) is 9.02. The normalized spacial score (nSPS) is 22.3. The molecule has 0 radical (unpaired) electrons. The lowest BCUT2D eigenvalue weighted by Gasteiger charge is -2.26. The van der Waals surface area contributed by atoms with Gasteiger partial charge in [0.2, 0.25) is 0 Å². The Morgan fingerprint density at radius 2 is 1.95 bits per heavy atom. The maximum atomic E-state index is 5.55. The van der Waals surface area contributed by atoms with Gasteiger partial charge >= 0.3 is 0 Å². The summed E-state index contributed by atoms with van der Waals surface area (Å²) >= 11 is 0. The number of likely N-dealkylation sites (N-methyl/N-ethyl adjacent to an activating group) is 2. The standard InChI is InChI=1S/C13H24N6/c1-9-10(2)15-13(16-12(9)17-14)11-8-18(3)6-5-7-19(11)4/h11H,5-8,14H2,1-4H3,(H,15,16,17). The first-order valence-corrected chi connectivity index (χ1v) is 6.73. The zero-order valence-corrected chi connectivity index (χ0v) is 12.3. The molecule has 0 amide bonds. The number of anilines is 1. The second-order valence-electron chi connectivity index (χ2n) is 5.40. The first-order valence-electron chi connectivity index (χ1n) is 6.73. The van der Waals surface area contributed by atoms with E-state index in [0.717, 1.165) is 42.5 Å². The summed E-state index contributed by atoms with van der Waals surface area (Å²) in [6, 6.07) is 0.221. The van der Waals surface area contributed by atoms with Crippen LogP contribution in [0.3, 0.4) is 0 Å². The fourth-order valence-electron chi connectivity index (χ4n) is 2.49. The van der Waals surface area contributed by atoms with Gasteiger partial charge < -0.3 is 10.3 Å². The summed E-state index contributed by atoms with van der Waals surface area (Å²) in [7, 11) is 4.28. The van der Waals surface area contributed by atoms with Crippen LogP contribution in [0.25, 0.3) is 0 Å². The van der Waals surface area contributed by atoms with Crippen molar-refractivity contribution >= 4 is 5.82 Å². The summed E-state index contributed by atoms with van der Waals surface area (Å²) in [6.07, 6.45) is 1.18. The van der Waals surface area contributed by atoms with Crippen molar-refractivity contribution in [2.24, 2.45) is 5.84 Å². The van der Waals surface area contributed by atoms with E-state index in [1.54, 1.807) is 0 Å². The van der Waals surface area contributed by atoms with Gasteiger partial charge in [0.05, 0.1) is 6.04 Å². The topological polar surface area (TPSA) is 70.3 Å². The number of hydrazine groups is 1. The molecule has 0 aromatic carbocycles. The molecule has 0 bridgehead atoms. The van der Waals surface area contributed by atoms with E-state index in [2.05, 4.69) is 39.3 Å². The molecule has 0 saturated carbocycles. The molecule has 6 nitrogen and oxygen atoms in total. The second-order valence-corrected chi connectivity index (χ2v) is 5.40. The van der Waals surface area contributed by atoms with E-state index in [-0.39, 0.29) is 6.04 Å².